The maximum absolute atomic E-state index is 2.54. The van der Waals surface area contributed by atoms with Crippen LogP contribution in [0.1, 0.15) is 0 Å². The zero-order valence-electron chi connectivity index (χ0n) is 27.1. The second kappa shape index (κ2) is 9.49. The summed E-state index contributed by atoms with van der Waals surface area (Å²) in [4.78, 5) is 0. The van der Waals surface area contributed by atoms with E-state index < -0.39 is 0 Å². The summed E-state index contributed by atoms with van der Waals surface area (Å²) in [5.41, 5.74) is 12.5. The van der Waals surface area contributed by atoms with Crippen LogP contribution < -0.4 is 0 Å². The van der Waals surface area contributed by atoms with Gasteiger partial charge in [-0.1, -0.05) is 127 Å². The van der Waals surface area contributed by atoms with Crippen LogP contribution in [-0.4, -0.2) is 9.13 Å². The van der Waals surface area contributed by atoms with Gasteiger partial charge >= 0.3 is 0 Å². The lowest BCUT2D eigenvalue weighted by Crippen LogP contribution is -1.96. The lowest BCUT2D eigenvalue weighted by atomic mass is 10.0. The summed E-state index contributed by atoms with van der Waals surface area (Å²) in [6.07, 6.45) is 0. The van der Waals surface area contributed by atoms with E-state index in [-0.39, 0.29) is 0 Å². The Bertz CT molecular complexity index is 3260. The molecule has 12 rings (SSSR count). The maximum Gasteiger partial charge on any atom is 0.0641 e. The van der Waals surface area contributed by atoms with Crippen LogP contribution in [-0.2, 0) is 0 Å². The molecule has 0 radical (unpaired) electrons. The summed E-state index contributed by atoms with van der Waals surface area (Å²) >= 11 is 0. The fraction of sp³-hybridized carbons (Fsp3) is 0. The normalized spacial score (nSPS) is 12.4. The van der Waals surface area contributed by atoms with E-state index in [2.05, 4.69) is 179 Å². The molecular weight excluding hydrogens is 605 g/mol. The fourth-order valence-electron chi connectivity index (χ4n) is 9.11. The van der Waals surface area contributed by atoms with Crippen LogP contribution in [0.2, 0.25) is 0 Å². The van der Waals surface area contributed by atoms with Crippen molar-refractivity contribution in [1.29, 1.82) is 0 Å². The zero-order valence-corrected chi connectivity index (χ0v) is 27.1. The van der Waals surface area contributed by atoms with Gasteiger partial charge in [-0.2, -0.15) is 0 Å². The van der Waals surface area contributed by atoms with E-state index in [1.165, 1.54) is 110 Å². The van der Waals surface area contributed by atoms with Gasteiger partial charge < -0.3 is 9.13 Å². The van der Waals surface area contributed by atoms with Crippen molar-refractivity contribution in [3.8, 4) is 33.6 Å². The van der Waals surface area contributed by atoms with Crippen molar-refractivity contribution in [3.63, 3.8) is 0 Å². The number of benzene rings is 9. The average Bonchev–Trinajstić information content (AvgIpc) is 3.81. The minimum absolute atomic E-state index is 1.17. The molecule has 2 aromatic heterocycles. The molecule has 50 heavy (non-hydrogen) atoms. The number of fused-ring (bicyclic) bond motifs is 13. The molecule has 1 aliphatic rings. The predicted octanol–water partition coefficient (Wildman–Crippen LogP) is 13.0. The Morgan fingerprint density at radius 1 is 0.280 bits per heavy atom. The number of para-hydroxylation sites is 1. The second-order valence-corrected chi connectivity index (χ2v) is 13.7. The molecule has 2 heteroatoms. The van der Waals surface area contributed by atoms with Crippen molar-refractivity contribution in [2.75, 3.05) is 0 Å². The van der Waals surface area contributed by atoms with Gasteiger partial charge in [-0.05, 0) is 97.0 Å². The Morgan fingerprint density at radius 3 is 1.80 bits per heavy atom. The SMILES string of the molecule is c1ccc2cc(-n3c4ccccc4c4c3ccc3c5c6ccccc6ccc5n(-c5ccc6c(c5)-c5cccc7cccc-6c57)c34)ccc2c1. The molecule has 0 saturated heterocycles. The van der Waals surface area contributed by atoms with Gasteiger partial charge in [0.1, 0.15) is 0 Å². The first kappa shape index (κ1) is 26.3. The topological polar surface area (TPSA) is 9.86 Å². The lowest BCUT2D eigenvalue weighted by Gasteiger charge is -2.12. The molecule has 230 valence electrons. The summed E-state index contributed by atoms with van der Waals surface area (Å²) in [6, 6.07) is 63.0. The number of rotatable bonds is 2. The van der Waals surface area contributed by atoms with Crippen molar-refractivity contribution in [2.45, 2.75) is 0 Å². The third-order valence-electron chi connectivity index (χ3n) is 11.2. The van der Waals surface area contributed by atoms with Crippen LogP contribution >= 0.6 is 0 Å². The van der Waals surface area contributed by atoms with Crippen LogP contribution in [0.5, 0.6) is 0 Å². The van der Waals surface area contributed by atoms with Crippen LogP contribution in [0.3, 0.4) is 0 Å². The van der Waals surface area contributed by atoms with E-state index in [0.29, 0.717) is 0 Å². The van der Waals surface area contributed by atoms with Gasteiger partial charge in [0.2, 0.25) is 0 Å². The number of hydrogen-bond donors (Lipinski definition) is 0. The molecule has 0 atom stereocenters. The molecule has 0 amide bonds. The Kier molecular flexibility index (Phi) is 5.00. The lowest BCUT2D eigenvalue weighted by molar-refractivity contribution is 1.18. The van der Waals surface area contributed by atoms with E-state index in [1.54, 1.807) is 0 Å². The molecule has 0 aliphatic heterocycles. The van der Waals surface area contributed by atoms with Crippen molar-refractivity contribution in [2.24, 2.45) is 0 Å². The molecule has 0 fully saturated rings. The van der Waals surface area contributed by atoms with Crippen molar-refractivity contribution in [3.05, 3.63) is 170 Å². The third kappa shape index (κ3) is 3.32. The highest BCUT2D eigenvalue weighted by Crippen LogP contribution is 2.49. The van der Waals surface area contributed by atoms with E-state index in [0.717, 1.165) is 0 Å². The maximum atomic E-state index is 2.54. The molecule has 0 saturated carbocycles. The molecule has 0 unspecified atom stereocenters. The Balaban J connectivity index is 1.25. The third-order valence-corrected chi connectivity index (χ3v) is 11.2. The van der Waals surface area contributed by atoms with Gasteiger partial charge in [-0.3, -0.25) is 0 Å². The fourth-order valence-corrected chi connectivity index (χ4v) is 9.11. The van der Waals surface area contributed by atoms with E-state index in [9.17, 15) is 0 Å². The molecule has 0 bridgehead atoms. The first-order valence-electron chi connectivity index (χ1n) is 17.4. The monoisotopic (exact) mass is 632 g/mol. The predicted molar refractivity (Wildman–Crippen MR) is 212 cm³/mol. The number of aromatic nitrogens is 2. The van der Waals surface area contributed by atoms with Crippen LogP contribution in [0.15, 0.2) is 170 Å². The molecule has 2 nitrogen and oxygen atoms in total. The van der Waals surface area contributed by atoms with E-state index in [4.69, 9.17) is 0 Å². The quantitative estimate of drug-likeness (QED) is 0.179. The number of nitrogens with zero attached hydrogens (tertiary/aromatic N) is 2. The van der Waals surface area contributed by atoms with E-state index >= 15 is 0 Å². The van der Waals surface area contributed by atoms with Crippen molar-refractivity contribution >= 4 is 75.9 Å². The smallest absolute Gasteiger partial charge is 0.0641 e. The molecule has 2 heterocycles. The van der Waals surface area contributed by atoms with Crippen molar-refractivity contribution in [1.82, 2.24) is 9.13 Å². The van der Waals surface area contributed by atoms with Gasteiger partial charge in [0.25, 0.3) is 0 Å². The van der Waals surface area contributed by atoms with Gasteiger partial charge in [0.05, 0.1) is 22.1 Å². The number of hydrogen-bond acceptors (Lipinski definition) is 0. The molecule has 9 aromatic carbocycles. The van der Waals surface area contributed by atoms with Gasteiger partial charge in [0.15, 0.2) is 0 Å². The second-order valence-electron chi connectivity index (χ2n) is 13.7. The summed E-state index contributed by atoms with van der Waals surface area (Å²) in [5, 5.41) is 12.8. The van der Waals surface area contributed by atoms with Gasteiger partial charge in [-0.15, -0.1) is 0 Å². The summed E-state index contributed by atoms with van der Waals surface area (Å²) in [6.45, 7) is 0. The van der Waals surface area contributed by atoms with Gasteiger partial charge in [-0.25, -0.2) is 0 Å². The minimum atomic E-state index is 1.17. The Labute approximate surface area is 287 Å². The first-order chi connectivity index (χ1) is 24.8. The highest BCUT2D eigenvalue weighted by atomic mass is 15.0. The standard InChI is InChI=1S/C48H28N2/c1-2-11-32-27-33(21-19-29(32)9-1)49-42-18-6-5-15-39(42)47-44(49)26-24-40-46-35-14-4-3-10-30(35)20-25-43(46)50(48(40)47)34-22-23-36-37-16-7-12-31-13-8-17-38(45(31)37)41(36)28-34/h1-28H. The van der Waals surface area contributed by atoms with Crippen LogP contribution in [0, 0.1) is 0 Å². The minimum Gasteiger partial charge on any atom is -0.309 e. The highest BCUT2D eigenvalue weighted by molar-refractivity contribution is 6.30. The summed E-state index contributed by atoms with van der Waals surface area (Å²) in [7, 11) is 0. The van der Waals surface area contributed by atoms with Crippen LogP contribution in [0.4, 0.5) is 0 Å². The summed E-state index contributed by atoms with van der Waals surface area (Å²) < 4.78 is 5.00. The van der Waals surface area contributed by atoms with Crippen molar-refractivity contribution < 1.29 is 0 Å². The zero-order chi connectivity index (χ0) is 32.5. The molecular formula is C48H28N2. The average molecular weight is 633 g/mol. The Morgan fingerprint density at radius 2 is 0.920 bits per heavy atom. The molecule has 0 spiro atoms. The molecule has 1 aliphatic carbocycles. The van der Waals surface area contributed by atoms with Gasteiger partial charge in [0, 0.05) is 32.9 Å². The van der Waals surface area contributed by atoms with Crippen LogP contribution in [0.25, 0.3) is 110 Å². The first-order valence-corrected chi connectivity index (χ1v) is 17.4. The Hall–Kier alpha value is -6.64. The largest absolute Gasteiger partial charge is 0.309 e. The summed E-state index contributed by atoms with van der Waals surface area (Å²) in [5.74, 6) is 0. The highest BCUT2D eigenvalue weighted by Gasteiger charge is 2.25. The molecule has 11 aromatic rings. The molecule has 0 N–H and O–H groups in total. The van der Waals surface area contributed by atoms with E-state index in [1.807, 2.05) is 0 Å².